The highest BCUT2D eigenvalue weighted by Crippen LogP contribution is 2.18. The van der Waals surface area contributed by atoms with Gasteiger partial charge in [0, 0.05) is 29.2 Å². The number of halogens is 1. The predicted octanol–water partition coefficient (Wildman–Crippen LogP) is 4.15. The third-order valence-corrected chi connectivity index (χ3v) is 4.27. The van der Waals surface area contributed by atoms with Gasteiger partial charge < -0.3 is 9.64 Å². The van der Waals surface area contributed by atoms with Crippen LogP contribution >= 0.6 is 11.6 Å². The fourth-order valence-electron chi connectivity index (χ4n) is 2.61. The van der Waals surface area contributed by atoms with Gasteiger partial charge in [0.25, 0.3) is 5.91 Å². The van der Waals surface area contributed by atoms with Crippen LogP contribution in [0.3, 0.4) is 0 Å². The molecule has 0 atom stereocenters. The quantitative estimate of drug-likeness (QED) is 0.380. The smallest absolute Gasteiger partial charge is 0.339 e. The van der Waals surface area contributed by atoms with Gasteiger partial charge in [0.15, 0.2) is 12.4 Å². The SMILES string of the molecule is C=C(C)CN(CC)C(=O)COC(=O)c1ccccc1C(=O)c1ccc(Cl)cc1. The molecule has 2 rings (SSSR count). The van der Waals surface area contributed by atoms with E-state index in [-0.39, 0.29) is 22.8 Å². The first-order chi connectivity index (χ1) is 13.3. The van der Waals surface area contributed by atoms with Crippen molar-refractivity contribution < 1.29 is 19.1 Å². The van der Waals surface area contributed by atoms with E-state index in [0.717, 1.165) is 5.57 Å². The molecule has 0 aliphatic rings. The number of esters is 1. The topological polar surface area (TPSA) is 63.7 Å². The summed E-state index contributed by atoms with van der Waals surface area (Å²) in [6, 6.07) is 12.7. The Kier molecular flexibility index (Phi) is 7.52. The summed E-state index contributed by atoms with van der Waals surface area (Å²) < 4.78 is 5.17. The Balaban J connectivity index is 2.14. The highest BCUT2D eigenvalue weighted by molar-refractivity contribution is 6.30. The van der Waals surface area contributed by atoms with Crippen LogP contribution in [0.15, 0.2) is 60.7 Å². The van der Waals surface area contributed by atoms with Gasteiger partial charge in [-0.05, 0) is 44.2 Å². The van der Waals surface area contributed by atoms with Crippen molar-refractivity contribution >= 4 is 29.3 Å². The second-order valence-corrected chi connectivity index (χ2v) is 6.76. The second-order valence-electron chi connectivity index (χ2n) is 6.32. The molecule has 0 unspecified atom stereocenters. The zero-order chi connectivity index (χ0) is 20.7. The van der Waals surface area contributed by atoms with E-state index in [1.807, 2.05) is 13.8 Å². The molecule has 28 heavy (non-hydrogen) atoms. The number of carbonyl (C=O) groups is 3. The molecule has 0 fully saturated rings. The largest absolute Gasteiger partial charge is 0.452 e. The molecule has 0 aliphatic carbocycles. The minimum atomic E-state index is -0.724. The molecule has 0 saturated carbocycles. The Morgan fingerprint density at radius 3 is 2.21 bits per heavy atom. The summed E-state index contributed by atoms with van der Waals surface area (Å²) in [7, 11) is 0. The fourth-order valence-corrected chi connectivity index (χ4v) is 2.74. The van der Waals surface area contributed by atoms with Gasteiger partial charge in [0.05, 0.1) is 5.56 Å². The lowest BCUT2D eigenvalue weighted by Crippen LogP contribution is -2.35. The minimum Gasteiger partial charge on any atom is -0.452 e. The van der Waals surface area contributed by atoms with E-state index in [9.17, 15) is 14.4 Å². The van der Waals surface area contributed by atoms with E-state index >= 15 is 0 Å². The van der Waals surface area contributed by atoms with Crippen molar-refractivity contribution in [2.45, 2.75) is 13.8 Å². The van der Waals surface area contributed by atoms with E-state index in [0.29, 0.717) is 23.7 Å². The molecule has 0 spiro atoms. The van der Waals surface area contributed by atoms with Crippen molar-refractivity contribution in [3.05, 3.63) is 82.4 Å². The number of benzene rings is 2. The number of nitrogens with zero attached hydrogens (tertiary/aromatic N) is 1. The van der Waals surface area contributed by atoms with Crippen LogP contribution < -0.4 is 0 Å². The molecular formula is C22H22ClNO4. The monoisotopic (exact) mass is 399 g/mol. The Bertz CT molecular complexity index is 890. The molecule has 5 nitrogen and oxygen atoms in total. The second kappa shape index (κ2) is 9.85. The van der Waals surface area contributed by atoms with Crippen LogP contribution in [0.5, 0.6) is 0 Å². The standard InChI is InChI=1S/C22H22ClNO4/c1-4-24(13-15(2)3)20(25)14-28-22(27)19-8-6-5-7-18(19)21(26)16-9-11-17(23)12-10-16/h5-12H,2,4,13-14H2,1,3H3. The number of amides is 1. The minimum absolute atomic E-state index is 0.109. The molecule has 6 heteroatoms. The normalized spacial score (nSPS) is 10.2. The van der Waals surface area contributed by atoms with Crippen molar-refractivity contribution in [3.8, 4) is 0 Å². The van der Waals surface area contributed by atoms with Crippen LogP contribution in [0.4, 0.5) is 0 Å². The number of rotatable bonds is 8. The molecule has 2 aromatic carbocycles. The lowest BCUT2D eigenvalue weighted by molar-refractivity contribution is -0.133. The number of hydrogen-bond acceptors (Lipinski definition) is 4. The third kappa shape index (κ3) is 5.54. The van der Waals surface area contributed by atoms with Gasteiger partial charge in [-0.1, -0.05) is 42.0 Å². The van der Waals surface area contributed by atoms with E-state index in [1.165, 1.54) is 6.07 Å². The lowest BCUT2D eigenvalue weighted by Gasteiger charge is -2.20. The maximum Gasteiger partial charge on any atom is 0.339 e. The van der Waals surface area contributed by atoms with Crippen molar-refractivity contribution in [1.82, 2.24) is 4.90 Å². The summed E-state index contributed by atoms with van der Waals surface area (Å²) in [6.07, 6.45) is 0. The molecular weight excluding hydrogens is 378 g/mol. The van der Waals surface area contributed by atoms with Crippen molar-refractivity contribution in [3.63, 3.8) is 0 Å². The molecule has 0 aromatic heterocycles. The van der Waals surface area contributed by atoms with Gasteiger partial charge in [-0.25, -0.2) is 4.79 Å². The highest BCUT2D eigenvalue weighted by Gasteiger charge is 2.21. The molecule has 146 valence electrons. The Labute approximate surface area is 169 Å². The molecule has 0 saturated heterocycles. The first-order valence-electron chi connectivity index (χ1n) is 8.82. The van der Waals surface area contributed by atoms with Crippen LogP contribution in [-0.4, -0.2) is 42.3 Å². The summed E-state index contributed by atoms with van der Waals surface area (Å²) in [6.45, 7) is 7.92. The van der Waals surface area contributed by atoms with E-state index in [1.54, 1.807) is 47.4 Å². The van der Waals surface area contributed by atoms with Crippen LogP contribution in [0.1, 0.15) is 40.1 Å². The first-order valence-corrected chi connectivity index (χ1v) is 9.19. The van der Waals surface area contributed by atoms with Crippen LogP contribution in [0, 0.1) is 0 Å². The first kappa shape index (κ1) is 21.4. The Morgan fingerprint density at radius 1 is 1.04 bits per heavy atom. The van der Waals surface area contributed by atoms with E-state index in [4.69, 9.17) is 16.3 Å². The van der Waals surface area contributed by atoms with E-state index < -0.39 is 12.6 Å². The molecule has 0 aliphatic heterocycles. The molecule has 2 aromatic rings. The predicted molar refractivity (Wildman–Crippen MR) is 109 cm³/mol. The zero-order valence-corrected chi connectivity index (χ0v) is 16.7. The number of carbonyl (C=O) groups excluding carboxylic acids is 3. The van der Waals surface area contributed by atoms with Crippen LogP contribution in [0.25, 0.3) is 0 Å². The Hall–Kier alpha value is -2.92. The van der Waals surface area contributed by atoms with Gasteiger partial charge in [-0.2, -0.15) is 0 Å². The Morgan fingerprint density at radius 2 is 1.64 bits per heavy atom. The molecule has 1 amide bonds. The molecule has 0 heterocycles. The van der Waals surface area contributed by atoms with Crippen molar-refractivity contribution in [1.29, 1.82) is 0 Å². The third-order valence-electron chi connectivity index (χ3n) is 4.02. The summed E-state index contributed by atoms with van der Waals surface area (Å²) in [5.41, 5.74) is 1.55. The van der Waals surface area contributed by atoms with Crippen molar-refractivity contribution in [2.24, 2.45) is 0 Å². The van der Waals surface area contributed by atoms with Gasteiger partial charge in [-0.3, -0.25) is 9.59 Å². The number of ether oxygens (including phenoxy) is 1. The van der Waals surface area contributed by atoms with Gasteiger partial charge in [0.1, 0.15) is 0 Å². The van der Waals surface area contributed by atoms with Gasteiger partial charge in [-0.15, -0.1) is 0 Å². The number of likely N-dealkylation sites (N-methyl/N-ethyl adjacent to an activating group) is 1. The fraction of sp³-hybridized carbons (Fsp3) is 0.227. The van der Waals surface area contributed by atoms with Crippen molar-refractivity contribution in [2.75, 3.05) is 19.7 Å². The number of hydrogen-bond donors (Lipinski definition) is 0. The van der Waals surface area contributed by atoms with Gasteiger partial charge >= 0.3 is 5.97 Å². The lowest BCUT2D eigenvalue weighted by atomic mass is 9.98. The number of ketones is 1. The molecule has 0 radical (unpaired) electrons. The maximum absolute atomic E-state index is 12.8. The molecule has 0 bridgehead atoms. The summed E-state index contributed by atoms with van der Waals surface area (Å²) in [5, 5.41) is 0.512. The maximum atomic E-state index is 12.8. The summed E-state index contributed by atoms with van der Waals surface area (Å²) >= 11 is 5.86. The highest BCUT2D eigenvalue weighted by atomic mass is 35.5. The van der Waals surface area contributed by atoms with Crippen LogP contribution in [0.2, 0.25) is 5.02 Å². The van der Waals surface area contributed by atoms with E-state index in [2.05, 4.69) is 6.58 Å². The zero-order valence-electron chi connectivity index (χ0n) is 15.9. The summed E-state index contributed by atoms with van der Waals surface area (Å²) in [4.78, 5) is 39.1. The molecule has 0 N–H and O–H groups in total. The average Bonchev–Trinajstić information content (AvgIpc) is 2.69. The van der Waals surface area contributed by atoms with Gasteiger partial charge in [0.2, 0.25) is 0 Å². The average molecular weight is 400 g/mol. The summed E-state index contributed by atoms with van der Waals surface area (Å²) in [5.74, 6) is -1.37. The van der Waals surface area contributed by atoms with Crippen LogP contribution in [-0.2, 0) is 9.53 Å².